The molecular weight excluding hydrogens is 304 g/mol. The van der Waals surface area contributed by atoms with Crippen LogP contribution in [-0.4, -0.2) is 47.6 Å². The van der Waals surface area contributed by atoms with Crippen molar-refractivity contribution >= 4 is 24.3 Å². The Bertz CT molecular complexity index is 553. The van der Waals surface area contributed by atoms with Crippen LogP contribution in [0.2, 0.25) is 0 Å². The Labute approximate surface area is 136 Å². The summed E-state index contributed by atoms with van der Waals surface area (Å²) in [5.74, 6) is -0.783. The predicted octanol–water partition coefficient (Wildman–Crippen LogP) is 1.10. The molecule has 0 unspecified atom stereocenters. The number of nitrogens with one attached hydrogen (secondary N) is 1. The number of rotatable bonds is 3. The summed E-state index contributed by atoms with van der Waals surface area (Å²) >= 11 is 0. The molecule has 2 N–H and O–H groups in total. The second kappa shape index (κ2) is 6.67. The monoisotopic (exact) mass is 324 g/mol. The number of likely N-dealkylation sites (N-methyl/N-ethyl adjacent to an activating group) is 1. The van der Waals surface area contributed by atoms with Crippen LogP contribution >= 0.6 is 12.4 Å². The van der Waals surface area contributed by atoms with E-state index >= 15 is 0 Å². The number of carbonyl (C=O) groups excluding carboxylic acids is 1. The van der Waals surface area contributed by atoms with Crippen molar-refractivity contribution in [1.82, 2.24) is 10.2 Å². The molecular formula is C16H21ClN2O3. The zero-order valence-electron chi connectivity index (χ0n) is 12.5. The maximum absolute atomic E-state index is 12.4. The summed E-state index contributed by atoms with van der Waals surface area (Å²) in [4.78, 5) is 25.3. The van der Waals surface area contributed by atoms with Gasteiger partial charge in [0.25, 0.3) is 0 Å². The summed E-state index contributed by atoms with van der Waals surface area (Å²) in [6.07, 6.45) is 2.05. The molecule has 0 aromatic heterocycles. The normalized spacial score (nSPS) is 24.6. The Balaban J connectivity index is 0.00000176. The minimum atomic E-state index is -0.817. The number of nitrogens with zero attached hydrogens (tertiary/aromatic N) is 1. The summed E-state index contributed by atoms with van der Waals surface area (Å²) in [6.45, 7) is 0.600. The van der Waals surface area contributed by atoms with Gasteiger partial charge < -0.3 is 10.4 Å². The van der Waals surface area contributed by atoms with Crippen molar-refractivity contribution in [1.29, 1.82) is 0 Å². The first kappa shape index (κ1) is 16.8. The molecule has 0 spiro atoms. The van der Waals surface area contributed by atoms with E-state index in [1.807, 2.05) is 12.1 Å². The first-order valence-electron chi connectivity index (χ1n) is 7.35. The molecule has 2 atom stereocenters. The quantitative estimate of drug-likeness (QED) is 0.873. The van der Waals surface area contributed by atoms with Gasteiger partial charge in [-0.2, -0.15) is 0 Å². The first-order valence-corrected chi connectivity index (χ1v) is 7.35. The number of carbonyl (C=O) groups is 2. The number of hydrogen-bond donors (Lipinski definition) is 2. The Morgan fingerprint density at radius 3 is 2.32 bits per heavy atom. The number of aliphatic carboxylic acids is 1. The third kappa shape index (κ3) is 3.25. The SMILES string of the molecule is CN1C[C@H](NC(=O)C2Cc3ccccc3C2)C[C@H]1C(=O)O.Cl. The van der Waals surface area contributed by atoms with Crippen molar-refractivity contribution in [2.45, 2.75) is 31.3 Å². The van der Waals surface area contributed by atoms with Crippen LogP contribution in [0.25, 0.3) is 0 Å². The largest absolute Gasteiger partial charge is 0.480 e. The van der Waals surface area contributed by atoms with Gasteiger partial charge in [0.1, 0.15) is 6.04 Å². The van der Waals surface area contributed by atoms with E-state index in [1.165, 1.54) is 11.1 Å². The fourth-order valence-electron chi connectivity index (χ4n) is 3.46. The van der Waals surface area contributed by atoms with Crippen molar-refractivity contribution < 1.29 is 14.7 Å². The molecule has 1 heterocycles. The number of hydrogen-bond acceptors (Lipinski definition) is 3. The Kier molecular flexibility index (Phi) is 5.08. The van der Waals surface area contributed by atoms with Gasteiger partial charge in [0.15, 0.2) is 0 Å². The number of amides is 1. The molecule has 0 bridgehead atoms. The van der Waals surface area contributed by atoms with Gasteiger partial charge in [-0.3, -0.25) is 14.5 Å². The van der Waals surface area contributed by atoms with E-state index in [0.29, 0.717) is 13.0 Å². The molecule has 1 aliphatic heterocycles. The van der Waals surface area contributed by atoms with Gasteiger partial charge in [-0.05, 0) is 37.4 Å². The minimum absolute atomic E-state index is 0. The number of fused-ring (bicyclic) bond motifs is 1. The van der Waals surface area contributed by atoms with Crippen molar-refractivity contribution in [2.24, 2.45) is 5.92 Å². The second-order valence-corrected chi connectivity index (χ2v) is 6.11. The molecule has 0 radical (unpaired) electrons. The lowest BCUT2D eigenvalue weighted by Gasteiger charge is -2.16. The number of benzene rings is 1. The van der Waals surface area contributed by atoms with Crippen LogP contribution in [0.5, 0.6) is 0 Å². The van der Waals surface area contributed by atoms with Crippen LogP contribution in [0.15, 0.2) is 24.3 Å². The third-order valence-electron chi connectivity index (χ3n) is 4.60. The van der Waals surface area contributed by atoms with Gasteiger partial charge in [-0.15, -0.1) is 12.4 Å². The number of carboxylic acids is 1. The van der Waals surface area contributed by atoms with E-state index in [1.54, 1.807) is 11.9 Å². The van der Waals surface area contributed by atoms with Crippen LogP contribution < -0.4 is 5.32 Å². The van der Waals surface area contributed by atoms with Gasteiger partial charge in [-0.1, -0.05) is 24.3 Å². The highest BCUT2D eigenvalue weighted by atomic mass is 35.5. The molecule has 1 aliphatic carbocycles. The molecule has 1 fully saturated rings. The molecule has 5 nitrogen and oxygen atoms in total. The molecule has 2 aliphatic rings. The highest BCUT2D eigenvalue weighted by Gasteiger charge is 2.36. The molecule has 1 amide bonds. The zero-order chi connectivity index (χ0) is 15.0. The molecule has 3 rings (SSSR count). The molecule has 0 saturated carbocycles. The Morgan fingerprint density at radius 1 is 1.23 bits per heavy atom. The van der Waals surface area contributed by atoms with Crippen LogP contribution in [0, 0.1) is 5.92 Å². The van der Waals surface area contributed by atoms with E-state index in [-0.39, 0.29) is 30.3 Å². The van der Waals surface area contributed by atoms with Gasteiger partial charge in [0, 0.05) is 18.5 Å². The fraction of sp³-hybridized carbons (Fsp3) is 0.500. The lowest BCUT2D eigenvalue weighted by molar-refractivity contribution is -0.141. The predicted molar refractivity (Wildman–Crippen MR) is 85.2 cm³/mol. The summed E-state index contributed by atoms with van der Waals surface area (Å²) in [6, 6.07) is 7.60. The summed E-state index contributed by atoms with van der Waals surface area (Å²) in [5, 5.41) is 12.1. The molecule has 1 aromatic carbocycles. The average molecular weight is 325 g/mol. The lowest BCUT2D eigenvalue weighted by atomic mass is 10.0. The van der Waals surface area contributed by atoms with Crippen LogP contribution in [0.1, 0.15) is 17.5 Å². The van der Waals surface area contributed by atoms with Gasteiger partial charge in [-0.25, -0.2) is 0 Å². The summed E-state index contributed by atoms with van der Waals surface area (Å²) < 4.78 is 0. The third-order valence-corrected chi connectivity index (χ3v) is 4.60. The van der Waals surface area contributed by atoms with E-state index in [4.69, 9.17) is 5.11 Å². The molecule has 22 heavy (non-hydrogen) atoms. The fourth-order valence-corrected chi connectivity index (χ4v) is 3.46. The van der Waals surface area contributed by atoms with Gasteiger partial charge in [0.2, 0.25) is 5.91 Å². The van der Waals surface area contributed by atoms with Crippen LogP contribution in [0.3, 0.4) is 0 Å². The van der Waals surface area contributed by atoms with Crippen molar-refractivity contribution in [2.75, 3.05) is 13.6 Å². The maximum Gasteiger partial charge on any atom is 0.320 e. The highest BCUT2D eigenvalue weighted by molar-refractivity contribution is 5.85. The van der Waals surface area contributed by atoms with Crippen LogP contribution in [0.4, 0.5) is 0 Å². The minimum Gasteiger partial charge on any atom is -0.480 e. The lowest BCUT2D eigenvalue weighted by Crippen LogP contribution is -2.40. The van der Waals surface area contributed by atoms with Crippen LogP contribution in [-0.2, 0) is 22.4 Å². The average Bonchev–Trinajstić information content (AvgIpc) is 3.02. The van der Waals surface area contributed by atoms with E-state index in [0.717, 1.165) is 12.8 Å². The maximum atomic E-state index is 12.4. The number of likely N-dealkylation sites (tertiary alicyclic amines) is 1. The van der Waals surface area contributed by atoms with E-state index < -0.39 is 12.0 Å². The highest BCUT2D eigenvalue weighted by Crippen LogP contribution is 2.27. The number of carboxylic acid groups (broad SMARTS) is 1. The number of halogens is 1. The van der Waals surface area contributed by atoms with Gasteiger partial charge in [0.05, 0.1) is 0 Å². The van der Waals surface area contributed by atoms with Crippen molar-refractivity contribution in [3.05, 3.63) is 35.4 Å². The Morgan fingerprint density at radius 2 is 1.82 bits per heavy atom. The Hall–Kier alpha value is -1.59. The molecule has 1 aromatic rings. The second-order valence-electron chi connectivity index (χ2n) is 6.11. The van der Waals surface area contributed by atoms with Crippen molar-refractivity contribution in [3.8, 4) is 0 Å². The summed E-state index contributed by atoms with van der Waals surface area (Å²) in [7, 11) is 1.79. The van der Waals surface area contributed by atoms with Gasteiger partial charge >= 0.3 is 5.97 Å². The molecule has 120 valence electrons. The molecule has 1 saturated heterocycles. The topological polar surface area (TPSA) is 69.6 Å². The summed E-state index contributed by atoms with van der Waals surface area (Å²) in [5.41, 5.74) is 2.51. The standard InChI is InChI=1S/C16H20N2O3.ClH/c1-18-9-13(8-14(18)16(20)21)17-15(19)12-6-10-4-2-3-5-11(10)7-12;/h2-5,12-14H,6-9H2,1H3,(H,17,19)(H,20,21);1H/t13-,14+;/m1./s1. The van der Waals surface area contributed by atoms with E-state index in [2.05, 4.69) is 17.4 Å². The zero-order valence-corrected chi connectivity index (χ0v) is 13.3. The smallest absolute Gasteiger partial charge is 0.320 e. The first-order chi connectivity index (χ1) is 10.0. The molecule has 6 heteroatoms. The van der Waals surface area contributed by atoms with Crippen molar-refractivity contribution in [3.63, 3.8) is 0 Å². The van der Waals surface area contributed by atoms with E-state index in [9.17, 15) is 9.59 Å².